The summed E-state index contributed by atoms with van der Waals surface area (Å²) in [5, 5.41) is 4.19. The van der Waals surface area contributed by atoms with E-state index in [2.05, 4.69) is 32.3 Å². The summed E-state index contributed by atoms with van der Waals surface area (Å²) in [5.41, 5.74) is 2.58. The molecule has 2 heterocycles. The number of nitrogens with zero attached hydrogens (tertiary/aromatic N) is 1. The first kappa shape index (κ1) is 12.6. The largest absolute Gasteiger partial charge is 0.316 e. The summed E-state index contributed by atoms with van der Waals surface area (Å²) in [6.07, 6.45) is 7.96. The Labute approximate surface area is 121 Å². The highest BCUT2D eigenvalue weighted by Gasteiger charge is 2.28. The van der Waals surface area contributed by atoms with Crippen LogP contribution in [0.1, 0.15) is 24.8 Å². The van der Waals surface area contributed by atoms with Crippen LogP contribution in [0.15, 0.2) is 22.9 Å². The first-order chi connectivity index (χ1) is 8.74. The minimum Gasteiger partial charge on any atom is -0.316 e. The molecule has 1 aromatic heterocycles. The zero-order valence-corrected chi connectivity index (χ0v) is 12.5. The lowest BCUT2D eigenvalue weighted by molar-refractivity contribution is 0.252. The zero-order valence-electron chi connectivity index (χ0n) is 10.1. The van der Waals surface area contributed by atoms with Gasteiger partial charge in [0.2, 0.25) is 0 Å². The normalized spacial score (nSPS) is 27.6. The molecule has 1 saturated heterocycles. The molecule has 2 atom stereocenters. The van der Waals surface area contributed by atoms with E-state index in [4.69, 9.17) is 11.6 Å². The van der Waals surface area contributed by atoms with Gasteiger partial charge >= 0.3 is 0 Å². The van der Waals surface area contributed by atoms with Gasteiger partial charge in [0.05, 0.1) is 5.02 Å². The van der Waals surface area contributed by atoms with Crippen LogP contribution in [0.2, 0.25) is 5.02 Å². The molecule has 0 amide bonds. The Morgan fingerprint density at radius 1 is 1.39 bits per heavy atom. The van der Waals surface area contributed by atoms with E-state index < -0.39 is 0 Å². The second-order valence-corrected chi connectivity index (χ2v) is 6.34. The van der Waals surface area contributed by atoms with Crippen molar-refractivity contribution in [3.8, 4) is 0 Å². The average molecular weight is 328 g/mol. The van der Waals surface area contributed by atoms with Gasteiger partial charge in [-0.3, -0.25) is 0 Å². The van der Waals surface area contributed by atoms with Crippen molar-refractivity contribution >= 4 is 33.1 Å². The number of hydrogen-bond donors (Lipinski definition) is 1. The van der Waals surface area contributed by atoms with Gasteiger partial charge in [0.1, 0.15) is 4.60 Å². The van der Waals surface area contributed by atoms with Crippen molar-refractivity contribution in [2.45, 2.75) is 19.3 Å². The molecule has 1 aliphatic carbocycles. The second-order valence-electron chi connectivity index (χ2n) is 5.18. The van der Waals surface area contributed by atoms with Crippen LogP contribution in [-0.2, 0) is 0 Å². The van der Waals surface area contributed by atoms with Gasteiger partial charge in [-0.05, 0) is 77.3 Å². The molecule has 0 radical (unpaired) electrons. The molecule has 96 valence electrons. The van der Waals surface area contributed by atoms with Crippen molar-refractivity contribution in [2.75, 3.05) is 13.1 Å². The van der Waals surface area contributed by atoms with E-state index in [1.54, 1.807) is 0 Å². The maximum atomic E-state index is 6.12. The lowest BCUT2D eigenvalue weighted by atomic mass is 9.75. The van der Waals surface area contributed by atoms with Crippen molar-refractivity contribution in [3.63, 3.8) is 0 Å². The number of pyridine rings is 1. The predicted octanol–water partition coefficient (Wildman–Crippen LogP) is 3.90. The summed E-state index contributed by atoms with van der Waals surface area (Å²) in [7, 11) is 0. The molecule has 1 fully saturated rings. The molecule has 1 aromatic rings. The summed E-state index contributed by atoms with van der Waals surface area (Å²) < 4.78 is 0.724. The first-order valence-electron chi connectivity index (χ1n) is 6.45. The van der Waals surface area contributed by atoms with Gasteiger partial charge in [-0.15, -0.1) is 0 Å². The molecule has 0 unspecified atom stereocenters. The quantitative estimate of drug-likeness (QED) is 0.791. The molecule has 18 heavy (non-hydrogen) atoms. The average Bonchev–Trinajstić information content (AvgIpc) is 2.41. The number of nitrogens with one attached hydrogen (secondary N) is 1. The van der Waals surface area contributed by atoms with Crippen molar-refractivity contribution in [1.82, 2.24) is 10.3 Å². The Hall–Kier alpha value is -0.380. The van der Waals surface area contributed by atoms with Gasteiger partial charge in [-0.1, -0.05) is 17.7 Å². The monoisotopic (exact) mass is 326 g/mol. The van der Waals surface area contributed by atoms with Crippen molar-refractivity contribution < 1.29 is 0 Å². The molecule has 1 N–H and O–H groups in total. The molecule has 0 saturated carbocycles. The van der Waals surface area contributed by atoms with Crippen molar-refractivity contribution in [1.29, 1.82) is 0 Å². The smallest absolute Gasteiger partial charge is 0.124 e. The number of rotatable bonds is 1. The minimum atomic E-state index is 0.692. The van der Waals surface area contributed by atoms with E-state index in [1.165, 1.54) is 30.5 Å². The fourth-order valence-corrected chi connectivity index (χ4v) is 3.40. The highest BCUT2D eigenvalue weighted by atomic mass is 79.9. The topological polar surface area (TPSA) is 24.9 Å². The summed E-state index contributed by atoms with van der Waals surface area (Å²) >= 11 is 9.46. The van der Waals surface area contributed by atoms with E-state index in [0.29, 0.717) is 5.02 Å². The number of aromatic nitrogens is 1. The lowest BCUT2D eigenvalue weighted by Crippen LogP contribution is -2.37. The predicted molar refractivity (Wildman–Crippen MR) is 78.6 cm³/mol. The third-order valence-electron chi connectivity index (χ3n) is 4.08. The van der Waals surface area contributed by atoms with E-state index >= 15 is 0 Å². The molecule has 1 aliphatic heterocycles. The molecule has 2 nitrogen and oxygen atoms in total. The molecule has 0 aromatic carbocycles. The van der Waals surface area contributed by atoms with Gasteiger partial charge in [-0.25, -0.2) is 4.98 Å². The van der Waals surface area contributed by atoms with Crippen molar-refractivity contribution in [2.24, 2.45) is 11.8 Å². The molecule has 0 bridgehead atoms. The maximum Gasteiger partial charge on any atom is 0.124 e. The molecule has 0 spiro atoms. The highest BCUT2D eigenvalue weighted by molar-refractivity contribution is 9.10. The number of hydrogen-bond acceptors (Lipinski definition) is 2. The van der Waals surface area contributed by atoms with Gasteiger partial charge < -0.3 is 5.32 Å². The van der Waals surface area contributed by atoms with Gasteiger partial charge in [-0.2, -0.15) is 0 Å². The first-order valence-corrected chi connectivity index (χ1v) is 7.62. The molecular formula is C14H16BrClN2. The Balaban J connectivity index is 1.84. The number of halogens is 2. The maximum absolute atomic E-state index is 6.12. The number of fused-ring (bicyclic) bond motifs is 1. The lowest BCUT2D eigenvalue weighted by Gasteiger charge is -2.35. The van der Waals surface area contributed by atoms with Crippen LogP contribution in [-0.4, -0.2) is 18.1 Å². The van der Waals surface area contributed by atoms with Crippen LogP contribution in [0.5, 0.6) is 0 Å². The SMILES string of the molecule is Clc1cc(C2=CC[C@H]3CCNC[C@H]3C2)cnc1Br. The third kappa shape index (κ3) is 2.49. The number of piperidine rings is 1. The Bertz CT molecular complexity index is 487. The molecular weight excluding hydrogens is 312 g/mol. The third-order valence-corrected chi connectivity index (χ3v) is 5.23. The van der Waals surface area contributed by atoms with Gasteiger partial charge in [0, 0.05) is 6.20 Å². The number of allylic oxidation sites excluding steroid dienone is 2. The van der Waals surface area contributed by atoms with Crippen LogP contribution < -0.4 is 5.32 Å². The van der Waals surface area contributed by atoms with E-state index in [1.807, 2.05) is 12.3 Å². The van der Waals surface area contributed by atoms with Gasteiger partial charge in [0.25, 0.3) is 0 Å². The van der Waals surface area contributed by atoms with Crippen molar-refractivity contribution in [3.05, 3.63) is 33.5 Å². The van der Waals surface area contributed by atoms with Gasteiger partial charge in [0.15, 0.2) is 0 Å². The molecule has 2 aliphatic rings. The highest BCUT2D eigenvalue weighted by Crippen LogP contribution is 2.38. The van der Waals surface area contributed by atoms with E-state index in [-0.39, 0.29) is 0 Å². The molecule has 4 heteroatoms. The van der Waals surface area contributed by atoms with Crippen LogP contribution in [0, 0.1) is 11.8 Å². The van der Waals surface area contributed by atoms with Crippen LogP contribution in [0.4, 0.5) is 0 Å². The summed E-state index contributed by atoms with van der Waals surface area (Å²) in [6, 6.07) is 2.01. The Morgan fingerprint density at radius 2 is 2.28 bits per heavy atom. The standard InChI is InChI=1S/C14H16BrClN2/c15-14-13(16)6-12(8-18-14)10-2-1-9-3-4-17-7-11(9)5-10/h2,6,8-9,11,17H,1,3-5,7H2/t9-,11+/m0/s1. The summed E-state index contributed by atoms with van der Waals surface area (Å²) in [5.74, 6) is 1.65. The Kier molecular flexibility index (Phi) is 3.73. The fraction of sp³-hybridized carbons (Fsp3) is 0.500. The summed E-state index contributed by atoms with van der Waals surface area (Å²) in [4.78, 5) is 4.29. The van der Waals surface area contributed by atoms with E-state index in [0.717, 1.165) is 29.4 Å². The molecule has 3 rings (SSSR count). The fourth-order valence-electron chi connectivity index (χ4n) is 3.02. The van der Waals surface area contributed by atoms with E-state index in [9.17, 15) is 0 Å². The zero-order chi connectivity index (χ0) is 12.5. The summed E-state index contributed by atoms with van der Waals surface area (Å²) in [6.45, 7) is 2.33. The van der Waals surface area contributed by atoms with Crippen LogP contribution >= 0.6 is 27.5 Å². The Morgan fingerprint density at radius 3 is 3.11 bits per heavy atom. The minimum absolute atomic E-state index is 0.692. The second kappa shape index (κ2) is 5.32. The van der Waals surface area contributed by atoms with Crippen LogP contribution in [0.25, 0.3) is 5.57 Å². The van der Waals surface area contributed by atoms with Crippen LogP contribution in [0.3, 0.4) is 0 Å².